The van der Waals surface area contributed by atoms with Gasteiger partial charge in [0.2, 0.25) is 11.8 Å². The van der Waals surface area contributed by atoms with Gasteiger partial charge < -0.3 is 5.32 Å². The molecule has 1 aromatic carbocycles. The van der Waals surface area contributed by atoms with Crippen LogP contribution in [-0.4, -0.2) is 39.7 Å². The Morgan fingerprint density at radius 2 is 2.07 bits per heavy atom. The molecule has 5 nitrogen and oxygen atoms in total. The topological polar surface area (TPSA) is 61.8 Å². The average molecular weight is 408 g/mol. The summed E-state index contributed by atoms with van der Waals surface area (Å²) in [5.74, 6) is -0.154. The highest BCUT2D eigenvalue weighted by molar-refractivity contribution is 8.15. The number of rotatable bonds is 5. The number of thioether (sulfide) groups is 1. The van der Waals surface area contributed by atoms with Gasteiger partial charge in [-0.15, -0.1) is 0 Å². The van der Waals surface area contributed by atoms with Gasteiger partial charge >= 0.3 is 0 Å². The van der Waals surface area contributed by atoms with E-state index in [1.165, 1.54) is 18.2 Å². The second-order valence-corrected chi connectivity index (χ2v) is 8.66. The second kappa shape index (κ2) is 9.11. The van der Waals surface area contributed by atoms with Crippen LogP contribution in [0.15, 0.2) is 23.2 Å². The molecule has 146 valence electrons. The van der Waals surface area contributed by atoms with Gasteiger partial charge in [-0.1, -0.05) is 48.7 Å². The summed E-state index contributed by atoms with van der Waals surface area (Å²) in [5.41, 5.74) is 1.61. The molecule has 1 heterocycles. The fraction of sp³-hybridized carbons (Fsp3) is 0.550. The van der Waals surface area contributed by atoms with Gasteiger partial charge in [0.05, 0.1) is 0 Å². The van der Waals surface area contributed by atoms with E-state index in [0.717, 1.165) is 36.4 Å². The Balaban J connectivity index is 1.67. The van der Waals surface area contributed by atoms with Gasteiger partial charge in [0, 0.05) is 29.7 Å². The number of anilines is 1. The first-order chi connectivity index (χ1) is 13.0. The minimum Gasteiger partial charge on any atom is -0.326 e. The van der Waals surface area contributed by atoms with E-state index >= 15 is 0 Å². The second-order valence-electron chi connectivity index (χ2n) is 7.08. The Morgan fingerprint density at radius 3 is 2.74 bits per heavy atom. The van der Waals surface area contributed by atoms with Crippen molar-refractivity contribution in [1.82, 2.24) is 4.90 Å². The van der Waals surface area contributed by atoms with Crippen LogP contribution in [0.25, 0.3) is 0 Å². The predicted octanol–water partition coefficient (Wildman–Crippen LogP) is 4.63. The van der Waals surface area contributed by atoms with Crippen LogP contribution in [-0.2, 0) is 9.59 Å². The molecule has 1 N–H and O–H groups in total. The van der Waals surface area contributed by atoms with Crippen molar-refractivity contribution in [1.29, 1.82) is 0 Å². The van der Waals surface area contributed by atoms with Crippen molar-refractivity contribution in [2.45, 2.75) is 63.7 Å². The van der Waals surface area contributed by atoms with E-state index in [1.807, 2.05) is 30.9 Å². The summed E-state index contributed by atoms with van der Waals surface area (Å²) < 4.78 is 0. The maximum Gasteiger partial charge on any atom is 0.242 e. The van der Waals surface area contributed by atoms with Crippen LogP contribution in [0.1, 0.15) is 51.0 Å². The number of hydrogen-bond acceptors (Lipinski definition) is 4. The monoisotopic (exact) mass is 407 g/mol. The lowest BCUT2D eigenvalue weighted by molar-refractivity contribution is -0.130. The van der Waals surface area contributed by atoms with E-state index in [-0.39, 0.29) is 24.3 Å². The molecule has 2 amide bonds. The summed E-state index contributed by atoms with van der Waals surface area (Å²) in [6.45, 7) is 4.52. The largest absolute Gasteiger partial charge is 0.326 e. The van der Waals surface area contributed by atoms with Crippen LogP contribution < -0.4 is 5.32 Å². The Hall–Kier alpha value is -1.53. The fourth-order valence-electron chi connectivity index (χ4n) is 3.59. The number of aliphatic imine (C=N–C) groups is 1. The van der Waals surface area contributed by atoms with Crippen LogP contribution in [0.5, 0.6) is 0 Å². The summed E-state index contributed by atoms with van der Waals surface area (Å²) in [5, 5.41) is 3.84. The van der Waals surface area contributed by atoms with Crippen LogP contribution in [0, 0.1) is 6.92 Å². The molecule has 3 rings (SSSR count). The lowest BCUT2D eigenvalue weighted by Crippen LogP contribution is -2.42. The Kier molecular flexibility index (Phi) is 6.82. The number of aryl methyl sites for hydroxylation is 1. The summed E-state index contributed by atoms with van der Waals surface area (Å²) in [7, 11) is 0. The van der Waals surface area contributed by atoms with Crippen molar-refractivity contribution in [3.05, 3.63) is 28.8 Å². The van der Waals surface area contributed by atoms with Crippen molar-refractivity contribution in [3.63, 3.8) is 0 Å². The van der Waals surface area contributed by atoms with Gasteiger partial charge in [-0.3, -0.25) is 19.5 Å². The molecule has 27 heavy (non-hydrogen) atoms. The number of halogens is 1. The minimum atomic E-state index is -0.404. The normalized spacial score (nSPS) is 22.5. The standard InChI is InChI=1S/C20H26ClN3O2S/c1-3-22-20-24(15-7-5-4-6-8-15)19(26)17(27-20)12-18(25)23-14-10-9-13(2)16(21)11-14/h9-11,15,17H,3-8,12H2,1-2H3,(H,23,25)/t17-/m0/s1. The van der Waals surface area contributed by atoms with Crippen LogP contribution in [0.3, 0.4) is 0 Å². The van der Waals surface area contributed by atoms with Gasteiger partial charge in [0.25, 0.3) is 0 Å². The Bertz CT molecular complexity index is 747. The SMILES string of the molecule is CCN=C1S[C@@H](CC(=O)Nc2ccc(C)c(Cl)c2)C(=O)N1C1CCCCC1. The Morgan fingerprint density at radius 1 is 1.33 bits per heavy atom. The first-order valence-corrected chi connectivity index (χ1v) is 10.9. The first-order valence-electron chi connectivity index (χ1n) is 9.59. The van der Waals surface area contributed by atoms with Gasteiger partial charge in [0.1, 0.15) is 5.25 Å². The van der Waals surface area contributed by atoms with Gasteiger partial charge in [-0.25, -0.2) is 0 Å². The van der Waals surface area contributed by atoms with Crippen molar-refractivity contribution in [2.24, 2.45) is 4.99 Å². The summed E-state index contributed by atoms with van der Waals surface area (Å²) in [6, 6.07) is 5.65. The first kappa shape index (κ1) is 20.2. The predicted molar refractivity (Wildman–Crippen MR) is 113 cm³/mol. The average Bonchev–Trinajstić information content (AvgIpc) is 2.94. The number of benzene rings is 1. The van der Waals surface area contributed by atoms with Gasteiger partial charge in [0.15, 0.2) is 5.17 Å². The maximum atomic E-state index is 13.0. The molecule has 2 aliphatic rings. The quantitative estimate of drug-likeness (QED) is 0.773. The lowest BCUT2D eigenvalue weighted by Gasteiger charge is -2.30. The molecule has 2 fully saturated rings. The Labute approximate surface area is 169 Å². The van der Waals surface area contributed by atoms with Crippen molar-refractivity contribution >= 4 is 46.0 Å². The summed E-state index contributed by atoms with van der Waals surface area (Å²) in [6.07, 6.45) is 5.72. The number of amides is 2. The van der Waals surface area contributed by atoms with Crippen molar-refractivity contribution in [2.75, 3.05) is 11.9 Å². The van der Waals surface area contributed by atoms with E-state index in [0.29, 0.717) is 17.3 Å². The highest BCUT2D eigenvalue weighted by atomic mass is 35.5. The van der Waals surface area contributed by atoms with Crippen LogP contribution >= 0.6 is 23.4 Å². The molecule has 1 aromatic rings. The molecule has 0 unspecified atom stereocenters. The van der Waals surface area contributed by atoms with E-state index in [2.05, 4.69) is 10.3 Å². The van der Waals surface area contributed by atoms with Crippen LogP contribution in [0.4, 0.5) is 5.69 Å². The third-order valence-electron chi connectivity index (χ3n) is 5.03. The highest BCUT2D eigenvalue weighted by Crippen LogP contribution is 2.35. The minimum absolute atomic E-state index is 0.0242. The third kappa shape index (κ3) is 4.85. The molecular formula is C20H26ClN3O2S. The molecule has 1 saturated carbocycles. The number of carbonyl (C=O) groups excluding carboxylic acids is 2. The molecule has 0 spiro atoms. The fourth-order valence-corrected chi connectivity index (χ4v) is 5.03. The van der Waals surface area contributed by atoms with Crippen LogP contribution in [0.2, 0.25) is 5.02 Å². The van der Waals surface area contributed by atoms with E-state index in [1.54, 1.807) is 6.07 Å². The smallest absolute Gasteiger partial charge is 0.242 e. The molecule has 1 aliphatic heterocycles. The summed E-state index contributed by atoms with van der Waals surface area (Å²) >= 11 is 7.55. The number of hydrogen-bond donors (Lipinski definition) is 1. The van der Waals surface area contributed by atoms with Crippen molar-refractivity contribution in [3.8, 4) is 0 Å². The molecule has 1 aliphatic carbocycles. The molecule has 0 bridgehead atoms. The number of amidine groups is 1. The molecular weight excluding hydrogens is 382 g/mol. The highest BCUT2D eigenvalue weighted by Gasteiger charge is 2.42. The van der Waals surface area contributed by atoms with E-state index < -0.39 is 5.25 Å². The van der Waals surface area contributed by atoms with E-state index in [9.17, 15) is 9.59 Å². The van der Waals surface area contributed by atoms with Crippen molar-refractivity contribution < 1.29 is 9.59 Å². The van der Waals surface area contributed by atoms with Gasteiger partial charge in [-0.2, -0.15) is 0 Å². The molecule has 1 saturated heterocycles. The lowest BCUT2D eigenvalue weighted by atomic mass is 9.94. The summed E-state index contributed by atoms with van der Waals surface area (Å²) in [4.78, 5) is 31.9. The zero-order chi connectivity index (χ0) is 19.4. The zero-order valence-electron chi connectivity index (χ0n) is 15.8. The number of nitrogens with zero attached hydrogens (tertiary/aromatic N) is 2. The van der Waals surface area contributed by atoms with Gasteiger partial charge in [-0.05, 0) is 44.4 Å². The van der Waals surface area contributed by atoms with E-state index in [4.69, 9.17) is 11.6 Å². The molecule has 0 aromatic heterocycles. The molecule has 7 heteroatoms. The maximum absolute atomic E-state index is 13.0. The number of carbonyl (C=O) groups is 2. The third-order valence-corrected chi connectivity index (χ3v) is 6.62. The molecule has 1 atom stereocenters. The molecule has 0 radical (unpaired) electrons. The number of nitrogens with one attached hydrogen (secondary N) is 1. The zero-order valence-corrected chi connectivity index (χ0v) is 17.4.